The summed E-state index contributed by atoms with van der Waals surface area (Å²) in [6, 6.07) is 4.37. The highest BCUT2D eigenvalue weighted by molar-refractivity contribution is 5.97. The van der Waals surface area contributed by atoms with E-state index < -0.39 is 58.5 Å². The molecule has 0 spiro atoms. The maximum absolute atomic E-state index is 13.0. The van der Waals surface area contributed by atoms with Crippen LogP contribution in [-0.4, -0.2) is 26.9 Å². The summed E-state index contributed by atoms with van der Waals surface area (Å²) in [5, 5.41) is 6.83. The highest BCUT2D eigenvalue weighted by Gasteiger charge is 2.37. The van der Waals surface area contributed by atoms with Gasteiger partial charge >= 0.3 is 18.5 Å². The van der Waals surface area contributed by atoms with Crippen LogP contribution in [0.25, 0.3) is 5.69 Å². The Bertz CT molecular complexity index is 1160. The Morgan fingerprint density at radius 2 is 1.41 bits per heavy atom. The molecule has 0 saturated heterocycles. The molecule has 0 fully saturated rings. The Morgan fingerprint density at radius 3 is 1.94 bits per heavy atom. The Hall–Kier alpha value is -3.58. The van der Waals surface area contributed by atoms with Gasteiger partial charge in [-0.05, 0) is 43.3 Å². The number of nitrogens with zero attached hydrogens (tertiary/aromatic N) is 3. The first kappa shape index (κ1) is 25.1. The van der Waals surface area contributed by atoms with Crippen molar-refractivity contribution in [2.24, 2.45) is 0 Å². The Labute approximate surface area is 184 Å². The molecule has 182 valence electrons. The van der Waals surface area contributed by atoms with Crippen molar-refractivity contribution in [1.82, 2.24) is 15.0 Å². The zero-order valence-electron chi connectivity index (χ0n) is 16.8. The highest BCUT2D eigenvalue weighted by Crippen LogP contribution is 2.37. The molecule has 0 aliphatic carbocycles. The average Bonchev–Trinajstić information content (AvgIpc) is 3.21. The second-order valence-electron chi connectivity index (χ2n) is 6.96. The molecule has 1 aromatic heterocycles. The van der Waals surface area contributed by atoms with Crippen LogP contribution in [0.5, 0.6) is 5.75 Å². The summed E-state index contributed by atoms with van der Waals surface area (Å²) in [7, 11) is 0. The van der Waals surface area contributed by atoms with Crippen LogP contribution in [0.4, 0.5) is 39.5 Å². The molecule has 0 N–H and O–H groups in total. The number of aromatic nitrogens is 3. The van der Waals surface area contributed by atoms with Gasteiger partial charge in [-0.2, -0.15) is 39.5 Å². The van der Waals surface area contributed by atoms with Crippen molar-refractivity contribution in [1.29, 1.82) is 0 Å². The third-order valence-corrected chi connectivity index (χ3v) is 4.43. The number of hydrogen-bond acceptors (Lipinski definition) is 4. The van der Waals surface area contributed by atoms with Crippen LogP contribution in [0.2, 0.25) is 0 Å². The first-order valence-corrected chi connectivity index (χ1v) is 9.16. The summed E-state index contributed by atoms with van der Waals surface area (Å²) in [4.78, 5) is 12.5. The molecule has 34 heavy (non-hydrogen) atoms. The number of ether oxygens (including phenoxy) is 1. The van der Waals surface area contributed by atoms with Crippen LogP contribution < -0.4 is 4.74 Å². The van der Waals surface area contributed by atoms with Gasteiger partial charge < -0.3 is 4.74 Å². The predicted molar refractivity (Wildman–Crippen MR) is 97.2 cm³/mol. The van der Waals surface area contributed by atoms with Gasteiger partial charge in [-0.15, -0.1) is 5.10 Å². The number of rotatable bonds is 5. The van der Waals surface area contributed by atoms with E-state index >= 15 is 0 Å². The second-order valence-corrected chi connectivity index (χ2v) is 6.96. The van der Waals surface area contributed by atoms with Crippen molar-refractivity contribution in [3.05, 3.63) is 71.0 Å². The normalized spacial score (nSPS) is 13.6. The molecule has 3 rings (SSSR count). The summed E-state index contributed by atoms with van der Waals surface area (Å²) >= 11 is 0. The largest absolute Gasteiger partial charge is 0.482 e. The van der Waals surface area contributed by atoms with Crippen molar-refractivity contribution in [2.75, 3.05) is 0 Å². The third-order valence-electron chi connectivity index (χ3n) is 4.43. The van der Waals surface area contributed by atoms with Crippen molar-refractivity contribution in [2.45, 2.75) is 31.6 Å². The highest BCUT2D eigenvalue weighted by atomic mass is 19.4. The summed E-state index contributed by atoms with van der Waals surface area (Å²) in [6.07, 6.45) is -15.5. The van der Waals surface area contributed by atoms with Crippen LogP contribution in [0.1, 0.15) is 34.1 Å². The van der Waals surface area contributed by atoms with Crippen LogP contribution in [0.15, 0.2) is 48.7 Å². The van der Waals surface area contributed by atoms with Crippen LogP contribution in [0.3, 0.4) is 0 Å². The van der Waals surface area contributed by atoms with E-state index in [4.69, 9.17) is 4.74 Å². The van der Waals surface area contributed by atoms with E-state index in [0.29, 0.717) is 22.9 Å². The maximum atomic E-state index is 13.0. The molecule has 2 aromatic carbocycles. The lowest BCUT2D eigenvalue weighted by molar-refractivity contribution is -0.143. The molecule has 0 radical (unpaired) electrons. The summed E-state index contributed by atoms with van der Waals surface area (Å²) < 4.78 is 122. The first-order chi connectivity index (χ1) is 15.6. The second kappa shape index (κ2) is 8.65. The molecular weight excluding hydrogens is 485 g/mol. The average molecular weight is 497 g/mol. The van der Waals surface area contributed by atoms with E-state index in [1.807, 2.05) is 0 Å². The van der Waals surface area contributed by atoms with Gasteiger partial charge in [0.2, 0.25) is 5.78 Å². The predicted octanol–water partition coefficient (Wildman–Crippen LogP) is 5.97. The van der Waals surface area contributed by atoms with Gasteiger partial charge in [0.15, 0.2) is 11.8 Å². The van der Waals surface area contributed by atoms with Gasteiger partial charge in [0, 0.05) is 0 Å². The van der Waals surface area contributed by atoms with Gasteiger partial charge in [0.25, 0.3) is 0 Å². The number of hydrogen-bond donors (Lipinski definition) is 0. The molecule has 0 aliphatic rings. The van der Waals surface area contributed by atoms with Crippen LogP contribution >= 0.6 is 0 Å². The smallest absolute Gasteiger partial charge is 0.416 e. The van der Waals surface area contributed by atoms with E-state index in [2.05, 4.69) is 10.3 Å². The lowest BCUT2D eigenvalue weighted by Gasteiger charge is -2.14. The molecular formula is C20H12F9N3O2. The van der Waals surface area contributed by atoms with Gasteiger partial charge in [0.05, 0.1) is 28.6 Å². The zero-order chi connectivity index (χ0) is 25.5. The molecule has 0 aliphatic heterocycles. The van der Waals surface area contributed by atoms with E-state index in [9.17, 15) is 44.3 Å². The Morgan fingerprint density at radius 1 is 0.853 bits per heavy atom. The van der Waals surface area contributed by atoms with E-state index in [1.54, 1.807) is 0 Å². The van der Waals surface area contributed by atoms with Crippen molar-refractivity contribution >= 4 is 5.78 Å². The first-order valence-electron chi connectivity index (χ1n) is 9.16. The number of carbonyl (C=O) groups is 1. The van der Waals surface area contributed by atoms with E-state index in [0.717, 1.165) is 24.4 Å². The minimum absolute atomic E-state index is 0.0720. The van der Waals surface area contributed by atoms with Gasteiger partial charge in [-0.3, -0.25) is 4.79 Å². The molecule has 0 amide bonds. The monoisotopic (exact) mass is 497 g/mol. The number of alkyl halides is 9. The number of ketones is 1. The molecule has 1 heterocycles. The molecule has 5 nitrogen and oxygen atoms in total. The summed E-state index contributed by atoms with van der Waals surface area (Å²) in [6.45, 7) is 1.17. The summed E-state index contributed by atoms with van der Waals surface area (Å²) in [5.41, 5.74) is -5.38. The molecule has 0 bridgehead atoms. The molecule has 14 heteroatoms. The minimum Gasteiger partial charge on any atom is -0.482 e. The van der Waals surface area contributed by atoms with E-state index in [1.165, 1.54) is 6.92 Å². The molecule has 1 atom stereocenters. The maximum Gasteiger partial charge on any atom is 0.416 e. The minimum atomic E-state index is -5.09. The number of carbonyl (C=O) groups excluding carboxylic acids is 1. The standard InChI is InChI=1S/C20H12F9N3O2/c1-10(34-15-4-2-3-11(8-15)18(21,22)23)17(33)16-9-32(31-30-16)14-6-12(19(24,25)26)5-13(7-14)20(27,28)29/h2-10H,1H3/t10-/m1/s1. The number of Topliss-reactive ketones (excluding diaryl/α,β-unsaturated/α-hetero) is 1. The van der Waals surface area contributed by atoms with Crippen LogP contribution in [-0.2, 0) is 18.5 Å². The number of halogens is 9. The Balaban J connectivity index is 1.87. The van der Waals surface area contributed by atoms with Gasteiger partial charge in [0.1, 0.15) is 5.75 Å². The molecule has 0 saturated carbocycles. The van der Waals surface area contributed by atoms with Gasteiger partial charge in [-0.25, -0.2) is 4.68 Å². The van der Waals surface area contributed by atoms with Crippen molar-refractivity contribution < 1.29 is 49.0 Å². The third kappa shape index (κ3) is 5.66. The fourth-order valence-corrected chi connectivity index (χ4v) is 2.79. The topological polar surface area (TPSA) is 57.0 Å². The molecule has 0 unspecified atom stereocenters. The van der Waals surface area contributed by atoms with Gasteiger partial charge in [-0.1, -0.05) is 11.3 Å². The fraction of sp³-hybridized carbons (Fsp3) is 0.250. The number of benzene rings is 2. The Kier molecular flexibility index (Phi) is 6.37. The van der Waals surface area contributed by atoms with E-state index in [-0.39, 0.29) is 11.8 Å². The fourth-order valence-electron chi connectivity index (χ4n) is 2.79. The lowest BCUT2D eigenvalue weighted by Crippen LogP contribution is -2.24. The van der Waals surface area contributed by atoms with Crippen molar-refractivity contribution in [3.63, 3.8) is 0 Å². The molecule has 3 aromatic rings. The van der Waals surface area contributed by atoms with Crippen molar-refractivity contribution in [3.8, 4) is 11.4 Å². The SMILES string of the molecule is C[C@@H](Oc1cccc(C(F)(F)F)c1)C(=O)c1cn(-c2cc(C(F)(F)F)cc(C(F)(F)F)c2)nn1. The van der Waals surface area contributed by atoms with Crippen LogP contribution in [0, 0.1) is 0 Å². The lowest BCUT2D eigenvalue weighted by atomic mass is 10.1. The quantitative estimate of drug-likeness (QED) is 0.322. The summed E-state index contributed by atoms with van der Waals surface area (Å²) in [5.74, 6) is -1.22. The zero-order valence-corrected chi connectivity index (χ0v) is 16.8.